The third-order valence-electron chi connectivity index (χ3n) is 3.53. The number of benzene rings is 2. The highest BCUT2D eigenvalue weighted by Gasteiger charge is 2.30. The first-order valence-corrected chi connectivity index (χ1v) is 8.63. The third kappa shape index (κ3) is 5.07. The van der Waals surface area contributed by atoms with Gasteiger partial charge in [0.25, 0.3) is 5.91 Å². The van der Waals surface area contributed by atoms with Crippen LogP contribution in [-0.2, 0) is 12.8 Å². The summed E-state index contributed by atoms with van der Waals surface area (Å²) in [6, 6.07) is 11.7. The Morgan fingerprint density at radius 1 is 1.07 bits per heavy atom. The summed E-state index contributed by atoms with van der Waals surface area (Å²) in [5.41, 5.74) is -0.0881. The minimum Gasteiger partial charge on any atom is -0.489 e. The van der Waals surface area contributed by atoms with Crippen molar-refractivity contribution < 1.29 is 27.1 Å². The molecule has 0 fully saturated rings. The molecule has 0 atom stereocenters. The lowest BCUT2D eigenvalue weighted by Gasteiger charge is -2.09. The molecule has 3 aromatic rings. The number of rotatable bonds is 5. The van der Waals surface area contributed by atoms with Crippen molar-refractivity contribution in [1.82, 2.24) is 0 Å². The van der Waals surface area contributed by atoms with Crippen molar-refractivity contribution >= 4 is 22.9 Å². The van der Waals surface area contributed by atoms with Gasteiger partial charge in [-0.05, 0) is 41.8 Å². The van der Waals surface area contributed by atoms with Gasteiger partial charge in [0.05, 0.1) is 10.4 Å². The number of anilines is 1. The molecule has 1 N–H and O–H groups in total. The molecule has 0 bridgehead atoms. The lowest BCUT2D eigenvalue weighted by molar-refractivity contribution is -0.137. The van der Waals surface area contributed by atoms with Gasteiger partial charge in [0.2, 0.25) is 0 Å². The number of carbonyl (C=O) groups excluding carboxylic acids is 1. The standard InChI is InChI=1S/C19H13F4NO2S/c20-14-4-2-6-16(9-14)26-10-12-7-17(27-11-12)18(25)24-15-5-1-3-13(8-15)19(21,22)23/h1-9,11H,10H2,(H,24,25). The summed E-state index contributed by atoms with van der Waals surface area (Å²) in [7, 11) is 0. The van der Waals surface area contributed by atoms with Gasteiger partial charge in [0.15, 0.2) is 0 Å². The number of hydrogen-bond acceptors (Lipinski definition) is 3. The lowest BCUT2D eigenvalue weighted by atomic mass is 10.2. The van der Waals surface area contributed by atoms with E-state index in [9.17, 15) is 22.4 Å². The Morgan fingerprint density at radius 2 is 1.85 bits per heavy atom. The fourth-order valence-electron chi connectivity index (χ4n) is 2.26. The first kappa shape index (κ1) is 18.9. The normalized spacial score (nSPS) is 11.3. The van der Waals surface area contributed by atoms with Gasteiger partial charge in [-0.2, -0.15) is 13.2 Å². The zero-order valence-electron chi connectivity index (χ0n) is 13.7. The number of amides is 1. The molecule has 1 heterocycles. The van der Waals surface area contributed by atoms with Gasteiger partial charge >= 0.3 is 6.18 Å². The van der Waals surface area contributed by atoms with Gasteiger partial charge in [-0.3, -0.25) is 4.79 Å². The van der Waals surface area contributed by atoms with Gasteiger partial charge in [0.1, 0.15) is 18.2 Å². The fourth-order valence-corrected chi connectivity index (χ4v) is 3.05. The van der Waals surface area contributed by atoms with Crippen LogP contribution in [0.15, 0.2) is 60.0 Å². The number of hydrogen-bond donors (Lipinski definition) is 1. The SMILES string of the molecule is O=C(Nc1cccc(C(F)(F)F)c1)c1cc(COc2cccc(F)c2)cs1. The summed E-state index contributed by atoms with van der Waals surface area (Å²) < 4.78 is 56.8. The smallest absolute Gasteiger partial charge is 0.416 e. The first-order valence-electron chi connectivity index (χ1n) is 7.75. The highest BCUT2D eigenvalue weighted by Crippen LogP contribution is 2.31. The number of ether oxygens (including phenoxy) is 1. The van der Waals surface area contributed by atoms with E-state index >= 15 is 0 Å². The Balaban J connectivity index is 1.63. The van der Waals surface area contributed by atoms with E-state index < -0.39 is 23.5 Å². The molecule has 0 aliphatic heterocycles. The summed E-state index contributed by atoms with van der Waals surface area (Å²) in [5, 5.41) is 4.14. The summed E-state index contributed by atoms with van der Waals surface area (Å²) in [5.74, 6) is -0.577. The van der Waals surface area contributed by atoms with E-state index in [0.29, 0.717) is 16.2 Å². The Morgan fingerprint density at radius 3 is 2.59 bits per heavy atom. The largest absolute Gasteiger partial charge is 0.489 e. The Bertz CT molecular complexity index is 953. The van der Waals surface area contributed by atoms with Gasteiger partial charge in [0, 0.05) is 17.3 Å². The maximum absolute atomic E-state index is 13.1. The number of alkyl halides is 3. The number of nitrogens with one attached hydrogen (secondary N) is 1. The molecule has 0 saturated heterocycles. The minimum absolute atomic E-state index is 0.0563. The molecule has 3 rings (SSSR count). The van der Waals surface area contributed by atoms with E-state index in [1.165, 1.54) is 30.3 Å². The molecule has 1 amide bonds. The van der Waals surface area contributed by atoms with Crippen molar-refractivity contribution in [2.45, 2.75) is 12.8 Å². The predicted octanol–water partition coefficient (Wildman–Crippen LogP) is 5.74. The molecule has 27 heavy (non-hydrogen) atoms. The average molecular weight is 395 g/mol. The maximum Gasteiger partial charge on any atom is 0.416 e. The number of halogens is 4. The van der Waals surface area contributed by atoms with E-state index in [1.807, 2.05) is 0 Å². The van der Waals surface area contributed by atoms with E-state index in [2.05, 4.69) is 5.32 Å². The molecule has 8 heteroatoms. The predicted molar refractivity (Wildman–Crippen MR) is 94.4 cm³/mol. The molecule has 140 valence electrons. The van der Waals surface area contributed by atoms with E-state index in [1.54, 1.807) is 17.5 Å². The van der Waals surface area contributed by atoms with Crippen molar-refractivity contribution in [2.24, 2.45) is 0 Å². The van der Waals surface area contributed by atoms with Crippen LogP contribution in [0.1, 0.15) is 20.8 Å². The second kappa shape index (κ2) is 7.79. The van der Waals surface area contributed by atoms with Gasteiger partial charge in [-0.15, -0.1) is 11.3 Å². The van der Waals surface area contributed by atoms with E-state index in [-0.39, 0.29) is 12.3 Å². The molecule has 0 unspecified atom stereocenters. The van der Waals surface area contributed by atoms with Crippen LogP contribution >= 0.6 is 11.3 Å². The zero-order chi connectivity index (χ0) is 19.4. The summed E-state index contributed by atoms with van der Waals surface area (Å²) in [6.45, 7) is 0.136. The molecular formula is C19H13F4NO2S. The molecule has 0 aliphatic carbocycles. The monoisotopic (exact) mass is 395 g/mol. The number of carbonyl (C=O) groups is 1. The van der Waals surface area contributed by atoms with Crippen LogP contribution in [0.25, 0.3) is 0 Å². The van der Waals surface area contributed by atoms with Crippen molar-refractivity contribution in [3.63, 3.8) is 0 Å². The van der Waals surface area contributed by atoms with Gasteiger partial charge in [-0.1, -0.05) is 12.1 Å². The molecule has 0 radical (unpaired) electrons. The maximum atomic E-state index is 13.1. The number of thiophene rings is 1. The van der Waals surface area contributed by atoms with Crippen LogP contribution < -0.4 is 10.1 Å². The lowest BCUT2D eigenvalue weighted by Crippen LogP contribution is -2.12. The van der Waals surface area contributed by atoms with Crippen molar-refractivity contribution in [3.05, 3.63) is 81.8 Å². The molecule has 2 aromatic carbocycles. The quantitative estimate of drug-likeness (QED) is 0.560. The van der Waals surface area contributed by atoms with Crippen LogP contribution in [0.4, 0.5) is 23.2 Å². The van der Waals surface area contributed by atoms with Crippen molar-refractivity contribution in [2.75, 3.05) is 5.32 Å². The van der Waals surface area contributed by atoms with Crippen LogP contribution in [0.5, 0.6) is 5.75 Å². The molecule has 3 nitrogen and oxygen atoms in total. The molecule has 0 saturated carbocycles. The fraction of sp³-hybridized carbons (Fsp3) is 0.105. The Labute approximate surface area is 156 Å². The Hall–Kier alpha value is -2.87. The second-order valence-corrected chi connectivity index (χ2v) is 6.51. The average Bonchev–Trinajstić information content (AvgIpc) is 3.09. The van der Waals surface area contributed by atoms with Crippen LogP contribution in [0, 0.1) is 5.82 Å². The van der Waals surface area contributed by atoms with Crippen LogP contribution in [0.3, 0.4) is 0 Å². The third-order valence-corrected chi connectivity index (χ3v) is 4.50. The highest BCUT2D eigenvalue weighted by molar-refractivity contribution is 7.12. The van der Waals surface area contributed by atoms with Gasteiger partial charge < -0.3 is 10.1 Å². The second-order valence-electron chi connectivity index (χ2n) is 5.60. The van der Waals surface area contributed by atoms with E-state index in [4.69, 9.17) is 4.74 Å². The first-order chi connectivity index (χ1) is 12.8. The summed E-state index contributed by atoms with van der Waals surface area (Å²) >= 11 is 1.14. The molecular weight excluding hydrogens is 382 g/mol. The van der Waals surface area contributed by atoms with Crippen LogP contribution in [-0.4, -0.2) is 5.91 Å². The molecule has 1 aromatic heterocycles. The summed E-state index contributed by atoms with van der Waals surface area (Å²) in [4.78, 5) is 12.6. The van der Waals surface area contributed by atoms with Gasteiger partial charge in [-0.25, -0.2) is 4.39 Å². The van der Waals surface area contributed by atoms with E-state index in [0.717, 1.165) is 23.5 Å². The zero-order valence-corrected chi connectivity index (χ0v) is 14.5. The van der Waals surface area contributed by atoms with Crippen molar-refractivity contribution in [1.29, 1.82) is 0 Å². The minimum atomic E-state index is -4.48. The highest BCUT2D eigenvalue weighted by atomic mass is 32.1. The molecule has 0 aliphatic rings. The van der Waals surface area contributed by atoms with Crippen molar-refractivity contribution in [3.8, 4) is 5.75 Å². The molecule has 0 spiro atoms. The Kier molecular flexibility index (Phi) is 5.46. The summed E-state index contributed by atoms with van der Waals surface area (Å²) in [6.07, 6.45) is -4.48. The topological polar surface area (TPSA) is 38.3 Å². The van der Waals surface area contributed by atoms with Crippen LogP contribution in [0.2, 0.25) is 0 Å².